The minimum atomic E-state index is -4.39. The summed E-state index contributed by atoms with van der Waals surface area (Å²) >= 11 is 2.70. The highest BCUT2D eigenvalue weighted by atomic mass is 32.2. The minimum Gasteiger partial charge on any atom is -0.355 e. The van der Waals surface area contributed by atoms with E-state index in [1.807, 2.05) is 6.26 Å². The first-order valence-corrected chi connectivity index (χ1v) is 8.29. The summed E-state index contributed by atoms with van der Waals surface area (Å²) in [5.74, 6) is 0.542. The van der Waals surface area contributed by atoms with Crippen LogP contribution in [0, 0.1) is 0 Å². The minimum absolute atomic E-state index is 0.0439. The number of aliphatic imine (C=N–C) groups is 1. The van der Waals surface area contributed by atoms with Crippen LogP contribution in [0.1, 0.15) is 24.5 Å². The number of guanidine groups is 1. The van der Waals surface area contributed by atoms with Gasteiger partial charge in [-0.2, -0.15) is 24.9 Å². The van der Waals surface area contributed by atoms with E-state index >= 15 is 0 Å². The van der Waals surface area contributed by atoms with Crippen LogP contribution in [0.3, 0.4) is 0 Å². The second kappa shape index (κ2) is 7.35. The Hall–Kier alpha value is -0.960. The van der Waals surface area contributed by atoms with E-state index in [0.717, 1.165) is 16.7 Å². The highest BCUT2D eigenvalue weighted by Crippen LogP contribution is 2.29. The Balaban J connectivity index is 2.51. The van der Waals surface area contributed by atoms with Crippen molar-refractivity contribution in [3.8, 4) is 0 Å². The van der Waals surface area contributed by atoms with Gasteiger partial charge in [0.2, 0.25) is 0 Å². The first-order valence-electron chi connectivity index (χ1n) is 6.19. The maximum atomic E-state index is 12.4. The number of halogens is 3. The van der Waals surface area contributed by atoms with Gasteiger partial charge >= 0.3 is 6.18 Å². The van der Waals surface area contributed by atoms with Gasteiger partial charge in [-0.25, -0.2) is 4.98 Å². The molecule has 0 saturated carbocycles. The number of hydrogen-bond donors (Lipinski definition) is 2. The van der Waals surface area contributed by atoms with Gasteiger partial charge in [0, 0.05) is 23.7 Å². The predicted octanol–water partition coefficient (Wildman–Crippen LogP) is 2.97. The summed E-state index contributed by atoms with van der Waals surface area (Å²) in [5, 5.41) is 7.49. The quantitative estimate of drug-likeness (QED) is 0.639. The Labute approximate surface area is 130 Å². The van der Waals surface area contributed by atoms with Gasteiger partial charge in [0.05, 0.1) is 6.54 Å². The number of nitrogens with zero attached hydrogens (tertiary/aromatic N) is 2. The molecule has 0 aliphatic heterocycles. The Morgan fingerprint density at radius 2 is 2.05 bits per heavy atom. The fourth-order valence-electron chi connectivity index (χ4n) is 1.27. The number of thiazole rings is 1. The van der Waals surface area contributed by atoms with Crippen molar-refractivity contribution in [2.45, 2.75) is 31.3 Å². The summed E-state index contributed by atoms with van der Waals surface area (Å²) in [4.78, 5) is 7.59. The third-order valence-corrected chi connectivity index (χ3v) is 4.81. The largest absolute Gasteiger partial charge is 0.434 e. The molecule has 1 aromatic rings. The highest BCUT2D eigenvalue weighted by Gasteiger charge is 2.33. The first-order chi connectivity index (χ1) is 9.68. The van der Waals surface area contributed by atoms with E-state index in [-0.39, 0.29) is 11.3 Å². The van der Waals surface area contributed by atoms with Crippen LogP contribution in [-0.4, -0.2) is 35.5 Å². The molecule has 0 spiro atoms. The van der Waals surface area contributed by atoms with E-state index in [1.165, 1.54) is 0 Å². The molecule has 0 bridgehead atoms. The Bertz CT molecular complexity index is 483. The van der Waals surface area contributed by atoms with Gasteiger partial charge in [0.1, 0.15) is 5.01 Å². The van der Waals surface area contributed by atoms with Gasteiger partial charge in [-0.3, -0.25) is 4.99 Å². The zero-order valence-electron chi connectivity index (χ0n) is 12.3. The summed E-state index contributed by atoms with van der Waals surface area (Å²) in [6.45, 7) is 5.09. The molecular weight excluding hydrogens is 321 g/mol. The fraction of sp³-hybridized carbons (Fsp3) is 0.667. The molecule has 0 unspecified atom stereocenters. The van der Waals surface area contributed by atoms with Crippen molar-refractivity contribution >= 4 is 29.1 Å². The van der Waals surface area contributed by atoms with Crippen LogP contribution in [0.2, 0.25) is 0 Å². The van der Waals surface area contributed by atoms with Crippen LogP contribution in [0.25, 0.3) is 0 Å². The standard InChI is InChI=1S/C12H19F3N4S2/c1-11(2,20-4)7-18-10(16-3)17-5-9-19-8(6-21-9)12(13,14)15/h6H,5,7H2,1-4H3,(H2,16,17,18). The molecule has 0 aliphatic carbocycles. The second-order valence-corrected chi connectivity index (χ2v) is 7.32. The van der Waals surface area contributed by atoms with Crippen LogP contribution in [0.5, 0.6) is 0 Å². The molecule has 4 nitrogen and oxygen atoms in total. The van der Waals surface area contributed by atoms with E-state index < -0.39 is 11.9 Å². The maximum Gasteiger partial charge on any atom is 0.434 e. The van der Waals surface area contributed by atoms with Gasteiger partial charge in [-0.05, 0) is 20.1 Å². The number of alkyl halides is 3. The van der Waals surface area contributed by atoms with Crippen molar-refractivity contribution in [2.75, 3.05) is 19.8 Å². The van der Waals surface area contributed by atoms with Crippen LogP contribution in [-0.2, 0) is 12.7 Å². The predicted molar refractivity (Wildman–Crippen MR) is 82.9 cm³/mol. The monoisotopic (exact) mass is 340 g/mol. The van der Waals surface area contributed by atoms with Crippen LogP contribution < -0.4 is 10.6 Å². The van der Waals surface area contributed by atoms with Crippen molar-refractivity contribution in [3.05, 3.63) is 16.1 Å². The van der Waals surface area contributed by atoms with Crippen LogP contribution in [0.4, 0.5) is 13.2 Å². The van der Waals surface area contributed by atoms with Gasteiger partial charge in [-0.1, -0.05) is 0 Å². The average Bonchev–Trinajstić information content (AvgIpc) is 2.88. The van der Waals surface area contributed by atoms with E-state index in [9.17, 15) is 13.2 Å². The van der Waals surface area contributed by atoms with E-state index in [4.69, 9.17) is 0 Å². The van der Waals surface area contributed by atoms with Crippen molar-refractivity contribution in [3.63, 3.8) is 0 Å². The molecule has 0 fully saturated rings. The number of rotatable bonds is 5. The molecule has 0 atom stereocenters. The SMILES string of the molecule is CN=C(NCc1nc(C(F)(F)F)cs1)NCC(C)(C)SC. The van der Waals surface area contributed by atoms with Gasteiger partial charge < -0.3 is 10.6 Å². The molecule has 21 heavy (non-hydrogen) atoms. The zero-order valence-corrected chi connectivity index (χ0v) is 14.0. The lowest BCUT2D eigenvalue weighted by molar-refractivity contribution is -0.140. The maximum absolute atomic E-state index is 12.4. The number of aromatic nitrogens is 1. The van der Waals surface area contributed by atoms with Crippen molar-refractivity contribution in [2.24, 2.45) is 4.99 Å². The molecule has 1 rings (SSSR count). The molecule has 0 aliphatic rings. The average molecular weight is 340 g/mol. The Kier molecular flexibility index (Phi) is 6.33. The fourth-order valence-corrected chi connectivity index (χ4v) is 2.23. The van der Waals surface area contributed by atoms with Crippen molar-refractivity contribution in [1.82, 2.24) is 15.6 Å². The molecule has 1 aromatic heterocycles. The smallest absolute Gasteiger partial charge is 0.355 e. The lowest BCUT2D eigenvalue weighted by atomic mass is 10.2. The van der Waals surface area contributed by atoms with Gasteiger partial charge in [0.15, 0.2) is 11.7 Å². The molecule has 0 aromatic carbocycles. The molecule has 0 saturated heterocycles. The molecule has 0 amide bonds. The first kappa shape index (κ1) is 18.1. The summed E-state index contributed by atoms with van der Waals surface area (Å²) in [7, 11) is 1.62. The Morgan fingerprint density at radius 1 is 1.38 bits per heavy atom. The molecule has 2 N–H and O–H groups in total. The van der Waals surface area contributed by atoms with Crippen molar-refractivity contribution < 1.29 is 13.2 Å². The number of hydrogen-bond acceptors (Lipinski definition) is 4. The molecule has 120 valence electrons. The van der Waals surface area contributed by atoms with Crippen molar-refractivity contribution in [1.29, 1.82) is 0 Å². The topological polar surface area (TPSA) is 49.3 Å². The third-order valence-electron chi connectivity index (χ3n) is 2.71. The third kappa shape index (κ3) is 6.13. The molecular formula is C12H19F3N4S2. The van der Waals surface area contributed by atoms with Crippen LogP contribution >= 0.6 is 23.1 Å². The van der Waals surface area contributed by atoms with Crippen LogP contribution in [0.15, 0.2) is 10.4 Å². The molecule has 1 heterocycles. The summed E-state index contributed by atoms with van der Waals surface area (Å²) in [6, 6.07) is 0. The Morgan fingerprint density at radius 3 is 2.52 bits per heavy atom. The van der Waals surface area contributed by atoms with E-state index in [1.54, 1.807) is 18.8 Å². The summed E-state index contributed by atoms with van der Waals surface area (Å²) in [5.41, 5.74) is -0.851. The number of thioether (sulfide) groups is 1. The van der Waals surface area contributed by atoms with Gasteiger partial charge in [0.25, 0.3) is 0 Å². The lowest BCUT2D eigenvalue weighted by Gasteiger charge is -2.23. The highest BCUT2D eigenvalue weighted by molar-refractivity contribution is 7.99. The zero-order chi connectivity index (χ0) is 16.1. The normalized spacial score (nSPS) is 13.4. The lowest BCUT2D eigenvalue weighted by Crippen LogP contribution is -2.42. The molecule has 9 heteroatoms. The number of nitrogens with one attached hydrogen (secondary N) is 2. The van der Waals surface area contributed by atoms with E-state index in [2.05, 4.69) is 34.5 Å². The van der Waals surface area contributed by atoms with Gasteiger partial charge in [-0.15, -0.1) is 11.3 Å². The molecule has 0 radical (unpaired) electrons. The second-order valence-electron chi connectivity index (χ2n) is 4.87. The van der Waals surface area contributed by atoms with E-state index in [0.29, 0.717) is 17.5 Å². The summed E-state index contributed by atoms with van der Waals surface area (Å²) < 4.78 is 37.4. The summed E-state index contributed by atoms with van der Waals surface area (Å²) in [6.07, 6.45) is -2.37.